The van der Waals surface area contributed by atoms with Gasteiger partial charge in [-0.3, -0.25) is 4.79 Å². The van der Waals surface area contributed by atoms with Gasteiger partial charge in [0.05, 0.1) is 32.8 Å². The average molecular weight is 389 g/mol. The van der Waals surface area contributed by atoms with Crippen molar-refractivity contribution in [2.24, 2.45) is 0 Å². The molecular weight excluding hydrogens is 370 g/mol. The zero-order valence-corrected chi connectivity index (χ0v) is 16.1. The monoisotopic (exact) mass is 389 g/mol. The molecule has 0 aliphatic heterocycles. The maximum atomic E-state index is 12.6. The standard InChI is InChI=1S/C18H19N3O5S/c1-10(11-8-13(24-2)15(26-4)14(9-11)25-3)20-18(23)21-17(22)12-6-5-7-19-16(12)27-21/h5-10H,1-4H3,(H,20,23). The number of rotatable bonds is 5. The molecule has 0 radical (unpaired) electrons. The Morgan fingerprint density at radius 1 is 1.19 bits per heavy atom. The predicted molar refractivity (Wildman–Crippen MR) is 102 cm³/mol. The maximum absolute atomic E-state index is 12.6. The molecule has 142 valence electrons. The van der Waals surface area contributed by atoms with Crippen molar-refractivity contribution in [1.29, 1.82) is 0 Å². The van der Waals surface area contributed by atoms with Crippen molar-refractivity contribution in [2.75, 3.05) is 21.3 Å². The van der Waals surface area contributed by atoms with Crippen LogP contribution >= 0.6 is 11.5 Å². The Hall–Kier alpha value is -3.07. The van der Waals surface area contributed by atoms with Crippen LogP contribution in [0.5, 0.6) is 17.2 Å². The lowest BCUT2D eigenvalue weighted by molar-refractivity contribution is 0.241. The first-order chi connectivity index (χ1) is 13.0. The number of ether oxygens (including phenoxy) is 3. The molecule has 1 N–H and O–H groups in total. The number of pyridine rings is 1. The first-order valence-corrected chi connectivity index (χ1v) is 8.85. The van der Waals surface area contributed by atoms with Gasteiger partial charge in [-0.05, 0) is 48.3 Å². The minimum atomic E-state index is -0.524. The number of methoxy groups -OCH3 is 3. The lowest BCUT2D eigenvalue weighted by atomic mass is 10.1. The largest absolute Gasteiger partial charge is 0.493 e. The van der Waals surface area contributed by atoms with Crippen LogP contribution in [0, 0.1) is 0 Å². The smallest absolute Gasteiger partial charge is 0.338 e. The summed E-state index contributed by atoms with van der Waals surface area (Å²) in [6.07, 6.45) is 1.58. The highest BCUT2D eigenvalue weighted by Crippen LogP contribution is 2.39. The third-order valence-electron chi connectivity index (χ3n) is 4.08. The molecule has 0 saturated heterocycles. The number of amides is 1. The fourth-order valence-corrected chi connectivity index (χ4v) is 3.53. The molecule has 2 aromatic heterocycles. The van der Waals surface area contributed by atoms with Crippen LogP contribution in [0.25, 0.3) is 10.2 Å². The molecule has 0 aliphatic carbocycles. The summed E-state index contributed by atoms with van der Waals surface area (Å²) < 4.78 is 17.0. The molecule has 0 saturated carbocycles. The predicted octanol–water partition coefficient (Wildman–Crippen LogP) is 2.80. The Morgan fingerprint density at radius 3 is 2.41 bits per heavy atom. The van der Waals surface area contributed by atoms with E-state index in [-0.39, 0.29) is 0 Å². The van der Waals surface area contributed by atoms with Crippen molar-refractivity contribution in [3.63, 3.8) is 0 Å². The third-order valence-corrected chi connectivity index (χ3v) is 5.09. The van der Waals surface area contributed by atoms with Crippen LogP contribution in [0.3, 0.4) is 0 Å². The first-order valence-electron chi connectivity index (χ1n) is 8.08. The number of nitrogens with zero attached hydrogens (tertiary/aromatic N) is 2. The van der Waals surface area contributed by atoms with Gasteiger partial charge in [-0.2, -0.15) is 3.96 Å². The van der Waals surface area contributed by atoms with Gasteiger partial charge >= 0.3 is 6.03 Å². The van der Waals surface area contributed by atoms with Crippen LogP contribution < -0.4 is 25.1 Å². The summed E-state index contributed by atoms with van der Waals surface area (Å²) in [5.41, 5.74) is 0.350. The molecule has 0 spiro atoms. The molecule has 1 atom stereocenters. The fourth-order valence-electron chi connectivity index (χ4n) is 2.68. The minimum Gasteiger partial charge on any atom is -0.493 e. The van der Waals surface area contributed by atoms with Crippen LogP contribution in [0.2, 0.25) is 0 Å². The van der Waals surface area contributed by atoms with Gasteiger partial charge in [0.25, 0.3) is 5.56 Å². The Morgan fingerprint density at radius 2 is 1.85 bits per heavy atom. The molecule has 8 nitrogen and oxygen atoms in total. The minimum absolute atomic E-state index is 0.391. The van der Waals surface area contributed by atoms with Crippen molar-refractivity contribution in [2.45, 2.75) is 13.0 Å². The lowest BCUT2D eigenvalue weighted by Crippen LogP contribution is -2.34. The Bertz CT molecular complexity index is 1020. The van der Waals surface area contributed by atoms with E-state index in [1.54, 1.807) is 37.4 Å². The van der Waals surface area contributed by atoms with Gasteiger partial charge in [0, 0.05) is 6.20 Å². The van der Waals surface area contributed by atoms with E-state index < -0.39 is 17.6 Å². The third kappa shape index (κ3) is 3.45. The van der Waals surface area contributed by atoms with Crippen LogP contribution in [0.15, 0.2) is 35.3 Å². The van der Waals surface area contributed by atoms with Crippen molar-refractivity contribution in [3.05, 3.63) is 46.4 Å². The van der Waals surface area contributed by atoms with Crippen LogP contribution in [-0.4, -0.2) is 36.3 Å². The first kappa shape index (κ1) is 18.7. The zero-order chi connectivity index (χ0) is 19.6. The van der Waals surface area contributed by atoms with Gasteiger partial charge in [0.15, 0.2) is 11.5 Å². The number of aromatic nitrogens is 2. The molecule has 0 fully saturated rings. The van der Waals surface area contributed by atoms with E-state index in [2.05, 4.69) is 10.3 Å². The number of nitrogens with one attached hydrogen (secondary N) is 1. The highest BCUT2D eigenvalue weighted by Gasteiger charge is 2.20. The molecule has 3 aromatic rings. The topological polar surface area (TPSA) is 91.7 Å². The van der Waals surface area contributed by atoms with Crippen LogP contribution in [0.4, 0.5) is 4.79 Å². The quantitative estimate of drug-likeness (QED) is 0.721. The van der Waals surface area contributed by atoms with Gasteiger partial charge in [-0.1, -0.05) is 0 Å². The Balaban J connectivity index is 1.90. The number of fused-ring (bicyclic) bond motifs is 1. The molecule has 2 heterocycles. The van der Waals surface area contributed by atoms with Crippen LogP contribution in [-0.2, 0) is 0 Å². The SMILES string of the molecule is COc1cc(C(C)NC(=O)n2sc3ncccc3c2=O)cc(OC)c1OC. The molecule has 27 heavy (non-hydrogen) atoms. The Labute approximate surface area is 159 Å². The Kier molecular flexibility index (Phi) is 5.31. The van der Waals surface area contributed by atoms with Gasteiger partial charge < -0.3 is 19.5 Å². The van der Waals surface area contributed by atoms with E-state index >= 15 is 0 Å². The van der Waals surface area contributed by atoms with Gasteiger partial charge in [-0.25, -0.2) is 9.78 Å². The van der Waals surface area contributed by atoms with Crippen molar-refractivity contribution < 1.29 is 19.0 Å². The van der Waals surface area contributed by atoms with E-state index in [9.17, 15) is 9.59 Å². The van der Waals surface area contributed by atoms with Gasteiger partial charge in [0.1, 0.15) is 4.83 Å². The summed E-state index contributed by atoms with van der Waals surface area (Å²) in [6.45, 7) is 1.80. The van der Waals surface area contributed by atoms with E-state index in [1.165, 1.54) is 21.3 Å². The fraction of sp³-hybridized carbons (Fsp3) is 0.278. The molecule has 1 amide bonds. The normalized spacial score (nSPS) is 11.9. The molecule has 3 rings (SSSR count). The summed E-state index contributed by atoms with van der Waals surface area (Å²) in [4.78, 5) is 29.6. The molecule has 1 unspecified atom stereocenters. The summed E-state index contributed by atoms with van der Waals surface area (Å²) in [7, 11) is 4.56. The number of benzene rings is 1. The number of carbonyl (C=O) groups is 1. The molecule has 0 bridgehead atoms. The summed E-state index contributed by atoms with van der Waals surface area (Å²) >= 11 is 1.00. The molecular formula is C18H19N3O5S. The number of hydrogen-bond acceptors (Lipinski definition) is 7. The molecule has 1 aromatic carbocycles. The number of hydrogen-bond donors (Lipinski definition) is 1. The van der Waals surface area contributed by atoms with Crippen LogP contribution in [0.1, 0.15) is 18.5 Å². The highest BCUT2D eigenvalue weighted by atomic mass is 32.1. The average Bonchev–Trinajstić information content (AvgIpc) is 3.03. The molecule has 0 aliphatic rings. The van der Waals surface area contributed by atoms with Crippen molar-refractivity contribution in [3.8, 4) is 17.2 Å². The lowest BCUT2D eigenvalue weighted by Gasteiger charge is -2.18. The number of carbonyl (C=O) groups excluding carboxylic acids is 1. The summed E-state index contributed by atoms with van der Waals surface area (Å²) in [6, 6.07) is 5.88. The van der Waals surface area contributed by atoms with Gasteiger partial charge in [-0.15, -0.1) is 0 Å². The summed E-state index contributed by atoms with van der Waals surface area (Å²) in [5, 5.41) is 3.22. The van der Waals surface area contributed by atoms with E-state index in [1.807, 2.05) is 0 Å². The van der Waals surface area contributed by atoms with Crippen molar-refractivity contribution >= 4 is 27.8 Å². The second kappa shape index (κ2) is 7.67. The molecule has 9 heteroatoms. The highest BCUT2D eigenvalue weighted by molar-refractivity contribution is 7.14. The zero-order valence-electron chi connectivity index (χ0n) is 15.3. The van der Waals surface area contributed by atoms with Crippen molar-refractivity contribution in [1.82, 2.24) is 14.3 Å². The summed E-state index contributed by atoms with van der Waals surface area (Å²) in [5.74, 6) is 1.43. The van der Waals surface area contributed by atoms with Gasteiger partial charge in [0.2, 0.25) is 5.75 Å². The van der Waals surface area contributed by atoms with E-state index in [0.29, 0.717) is 27.5 Å². The second-order valence-electron chi connectivity index (χ2n) is 5.68. The van der Waals surface area contributed by atoms with E-state index in [4.69, 9.17) is 14.2 Å². The second-order valence-corrected chi connectivity index (χ2v) is 6.61. The van der Waals surface area contributed by atoms with E-state index in [0.717, 1.165) is 21.1 Å². The maximum Gasteiger partial charge on any atom is 0.338 e.